The highest BCUT2D eigenvalue weighted by Crippen LogP contribution is 2.33. The van der Waals surface area contributed by atoms with Crippen molar-refractivity contribution < 1.29 is 30.0 Å². The lowest BCUT2D eigenvalue weighted by Crippen LogP contribution is -2.49. The minimum Gasteiger partial charge on any atom is -0.481 e. The topological polar surface area (TPSA) is 115 Å². The van der Waals surface area contributed by atoms with Crippen LogP contribution in [0.3, 0.4) is 0 Å². The smallest absolute Gasteiger partial charge is 0.314 e. The summed E-state index contributed by atoms with van der Waals surface area (Å²) < 4.78 is 0. The summed E-state index contributed by atoms with van der Waals surface area (Å²) in [5.41, 5.74) is -1.82. The van der Waals surface area contributed by atoms with Crippen LogP contribution in [-0.2, 0) is 9.59 Å². The molecular weight excluding hydrogens is 204 g/mol. The van der Waals surface area contributed by atoms with E-state index in [0.717, 1.165) is 0 Å². The molecule has 0 fully saturated rings. The van der Waals surface area contributed by atoms with Crippen molar-refractivity contribution in [2.75, 3.05) is 0 Å². The fraction of sp³-hybridized carbons (Fsp3) is 0.778. The lowest BCUT2D eigenvalue weighted by atomic mass is 9.74. The minimum atomic E-state index is -1.82. The molecule has 0 bridgehead atoms. The quantitative estimate of drug-likeness (QED) is 0.488. The van der Waals surface area contributed by atoms with Gasteiger partial charge in [0, 0.05) is 6.42 Å². The van der Waals surface area contributed by atoms with Gasteiger partial charge < -0.3 is 20.4 Å². The van der Waals surface area contributed by atoms with Gasteiger partial charge in [-0.25, -0.2) is 0 Å². The Balaban J connectivity index is 4.97. The van der Waals surface area contributed by atoms with Crippen molar-refractivity contribution in [2.24, 2.45) is 5.41 Å². The third-order valence-electron chi connectivity index (χ3n) is 2.64. The molecule has 2 atom stereocenters. The number of carboxylic acid groups (broad SMARTS) is 2. The van der Waals surface area contributed by atoms with Gasteiger partial charge in [-0.05, 0) is 20.3 Å². The molecule has 0 aliphatic rings. The van der Waals surface area contributed by atoms with Gasteiger partial charge in [-0.3, -0.25) is 9.59 Å². The van der Waals surface area contributed by atoms with Crippen LogP contribution < -0.4 is 0 Å². The molecule has 6 heteroatoms. The monoisotopic (exact) mass is 220 g/mol. The van der Waals surface area contributed by atoms with Crippen molar-refractivity contribution >= 4 is 11.9 Å². The molecule has 0 aliphatic carbocycles. The lowest BCUT2D eigenvalue weighted by molar-refractivity contribution is -0.168. The Hall–Kier alpha value is -1.14. The maximum absolute atomic E-state index is 11.0. The van der Waals surface area contributed by atoms with Crippen LogP contribution in [0.1, 0.15) is 26.7 Å². The van der Waals surface area contributed by atoms with Crippen molar-refractivity contribution in [2.45, 2.75) is 38.9 Å². The number of hydrogen-bond acceptors (Lipinski definition) is 4. The molecule has 6 nitrogen and oxygen atoms in total. The Labute approximate surface area is 87.2 Å². The molecule has 0 heterocycles. The number of hydrogen-bond donors (Lipinski definition) is 4. The predicted molar refractivity (Wildman–Crippen MR) is 50.3 cm³/mol. The fourth-order valence-corrected chi connectivity index (χ4v) is 1.54. The van der Waals surface area contributed by atoms with Gasteiger partial charge >= 0.3 is 11.9 Å². The second-order valence-corrected chi connectivity index (χ2v) is 3.59. The molecule has 0 saturated heterocycles. The van der Waals surface area contributed by atoms with E-state index in [2.05, 4.69) is 0 Å². The lowest BCUT2D eigenvalue weighted by Gasteiger charge is -2.34. The summed E-state index contributed by atoms with van der Waals surface area (Å²) in [7, 11) is 0. The summed E-state index contributed by atoms with van der Waals surface area (Å²) in [6.07, 6.45) is -3.38. The van der Waals surface area contributed by atoms with Crippen molar-refractivity contribution in [1.82, 2.24) is 0 Å². The molecule has 4 N–H and O–H groups in total. The highest BCUT2D eigenvalue weighted by atomic mass is 16.4. The van der Waals surface area contributed by atoms with Gasteiger partial charge in [-0.1, -0.05) is 0 Å². The second kappa shape index (κ2) is 5.09. The summed E-state index contributed by atoms with van der Waals surface area (Å²) >= 11 is 0. The Morgan fingerprint density at radius 2 is 1.53 bits per heavy atom. The average molecular weight is 220 g/mol. The first-order chi connectivity index (χ1) is 6.75. The Morgan fingerprint density at radius 3 is 1.73 bits per heavy atom. The molecule has 2 unspecified atom stereocenters. The first-order valence-corrected chi connectivity index (χ1v) is 4.56. The van der Waals surface area contributed by atoms with Crippen LogP contribution in [0.5, 0.6) is 0 Å². The van der Waals surface area contributed by atoms with E-state index in [9.17, 15) is 19.8 Å². The molecular formula is C9H16O6. The average Bonchev–Trinajstić information content (AvgIpc) is 2.02. The van der Waals surface area contributed by atoms with E-state index in [4.69, 9.17) is 10.2 Å². The van der Waals surface area contributed by atoms with Crippen LogP contribution in [0.15, 0.2) is 0 Å². The van der Waals surface area contributed by atoms with Gasteiger partial charge in [0.2, 0.25) is 0 Å². The normalized spacial score (nSPS) is 18.9. The van der Waals surface area contributed by atoms with Gasteiger partial charge in [-0.15, -0.1) is 0 Å². The van der Waals surface area contributed by atoms with Crippen LogP contribution in [-0.4, -0.2) is 44.6 Å². The molecule has 88 valence electrons. The van der Waals surface area contributed by atoms with Gasteiger partial charge in [0.05, 0.1) is 12.2 Å². The van der Waals surface area contributed by atoms with E-state index >= 15 is 0 Å². The summed E-state index contributed by atoms with van der Waals surface area (Å²) in [4.78, 5) is 21.4. The number of carbonyl (C=O) groups is 2. The second-order valence-electron chi connectivity index (χ2n) is 3.59. The third-order valence-corrected chi connectivity index (χ3v) is 2.64. The van der Waals surface area contributed by atoms with Crippen LogP contribution in [0.2, 0.25) is 0 Å². The number of carboxylic acids is 2. The van der Waals surface area contributed by atoms with E-state index in [1.807, 2.05) is 0 Å². The zero-order valence-electron chi connectivity index (χ0n) is 8.67. The van der Waals surface area contributed by atoms with Crippen LogP contribution in [0.25, 0.3) is 0 Å². The van der Waals surface area contributed by atoms with Crippen molar-refractivity contribution in [3.05, 3.63) is 0 Å². The highest BCUT2D eigenvalue weighted by molar-refractivity contribution is 5.77. The zero-order valence-corrected chi connectivity index (χ0v) is 8.67. The summed E-state index contributed by atoms with van der Waals surface area (Å²) in [6.45, 7) is 2.45. The SMILES string of the molecule is CC(O)C(CCC(=O)O)(C(=O)O)C(C)O. The first kappa shape index (κ1) is 13.9. The Bertz CT molecular complexity index is 237. The summed E-state index contributed by atoms with van der Waals surface area (Å²) in [6, 6.07) is 0. The Kier molecular flexibility index (Phi) is 4.70. The van der Waals surface area contributed by atoms with Gasteiger partial charge in [-0.2, -0.15) is 0 Å². The molecule has 0 radical (unpaired) electrons. The molecule has 0 aromatic heterocycles. The fourth-order valence-electron chi connectivity index (χ4n) is 1.54. The van der Waals surface area contributed by atoms with Gasteiger partial charge in [0.15, 0.2) is 0 Å². The molecule has 0 saturated carbocycles. The molecule has 0 aliphatic heterocycles. The van der Waals surface area contributed by atoms with Gasteiger partial charge in [0.1, 0.15) is 5.41 Å². The van der Waals surface area contributed by atoms with Crippen molar-refractivity contribution in [1.29, 1.82) is 0 Å². The van der Waals surface area contributed by atoms with Gasteiger partial charge in [0.25, 0.3) is 0 Å². The first-order valence-electron chi connectivity index (χ1n) is 4.56. The summed E-state index contributed by atoms with van der Waals surface area (Å²) in [5, 5.41) is 36.2. The Morgan fingerprint density at radius 1 is 1.13 bits per heavy atom. The standard InChI is InChI=1S/C9H16O6/c1-5(10)9(6(2)11,8(14)15)4-3-7(12)13/h5-6,10-11H,3-4H2,1-2H3,(H,12,13)(H,14,15). The van der Waals surface area contributed by atoms with E-state index < -0.39 is 36.0 Å². The minimum absolute atomic E-state index is 0.312. The highest BCUT2D eigenvalue weighted by Gasteiger charge is 2.47. The van der Waals surface area contributed by atoms with Crippen LogP contribution in [0, 0.1) is 5.41 Å². The summed E-state index contributed by atoms with van der Waals surface area (Å²) in [5.74, 6) is -2.56. The van der Waals surface area contributed by atoms with Crippen LogP contribution in [0.4, 0.5) is 0 Å². The van der Waals surface area contributed by atoms with E-state index in [-0.39, 0.29) is 6.42 Å². The molecule has 0 rings (SSSR count). The molecule has 15 heavy (non-hydrogen) atoms. The predicted octanol–water partition coefficient (Wildman–Crippen LogP) is -0.316. The molecule has 0 aromatic carbocycles. The zero-order chi connectivity index (χ0) is 12.2. The molecule has 0 spiro atoms. The number of aliphatic hydroxyl groups is 2. The third kappa shape index (κ3) is 2.90. The maximum Gasteiger partial charge on any atom is 0.314 e. The van der Waals surface area contributed by atoms with E-state index in [1.165, 1.54) is 13.8 Å². The van der Waals surface area contributed by atoms with Crippen LogP contribution >= 0.6 is 0 Å². The van der Waals surface area contributed by atoms with Crippen molar-refractivity contribution in [3.8, 4) is 0 Å². The number of aliphatic hydroxyl groups excluding tert-OH is 2. The largest absolute Gasteiger partial charge is 0.481 e. The molecule has 0 amide bonds. The molecule has 0 aromatic rings. The number of aliphatic carboxylic acids is 2. The van der Waals surface area contributed by atoms with Crippen molar-refractivity contribution in [3.63, 3.8) is 0 Å². The van der Waals surface area contributed by atoms with E-state index in [0.29, 0.717) is 0 Å². The number of rotatable bonds is 6. The van der Waals surface area contributed by atoms with E-state index in [1.54, 1.807) is 0 Å². The maximum atomic E-state index is 11.0.